The molecule has 10 aromatic rings. The summed E-state index contributed by atoms with van der Waals surface area (Å²) in [5.41, 5.74) is 13.7. The van der Waals surface area contributed by atoms with Crippen LogP contribution in [0.5, 0.6) is 0 Å². The summed E-state index contributed by atoms with van der Waals surface area (Å²) < 4.78 is 25.4. The summed E-state index contributed by atoms with van der Waals surface area (Å²) in [6.07, 6.45) is 4.48. The number of carbonyl (C=O) groups is 2. The predicted molar refractivity (Wildman–Crippen MR) is 292 cm³/mol. The van der Waals surface area contributed by atoms with Gasteiger partial charge in [0.1, 0.15) is 0 Å². The van der Waals surface area contributed by atoms with Crippen molar-refractivity contribution in [3.05, 3.63) is 193 Å². The Morgan fingerprint density at radius 1 is 0.521 bits per heavy atom. The van der Waals surface area contributed by atoms with Crippen LogP contribution in [0.4, 0.5) is 11.4 Å². The molecular weight excluding hydrogens is 905 g/mol. The summed E-state index contributed by atoms with van der Waals surface area (Å²) in [7, 11) is -1.52. The molecule has 13 heteroatoms. The minimum absolute atomic E-state index is 0. The van der Waals surface area contributed by atoms with Crippen LogP contribution in [-0.4, -0.2) is 57.7 Å². The minimum Gasteiger partial charge on any atom is -0.388 e. The van der Waals surface area contributed by atoms with Gasteiger partial charge in [-0.2, -0.15) is 15.3 Å². The van der Waals surface area contributed by atoms with Crippen molar-refractivity contribution in [2.75, 3.05) is 17.7 Å². The third kappa shape index (κ3) is 12.6. The molecule has 0 fully saturated rings. The summed E-state index contributed by atoms with van der Waals surface area (Å²) in [5, 5.41) is 31.4. The molecule has 10 rings (SSSR count). The zero-order chi connectivity index (χ0) is 48.3. The number of para-hydroxylation sites is 1. The molecule has 0 aliphatic carbocycles. The van der Waals surface area contributed by atoms with Crippen LogP contribution in [0, 0.1) is 0 Å². The molecule has 12 nitrogen and oxygen atoms in total. The van der Waals surface area contributed by atoms with Crippen molar-refractivity contribution < 1.29 is 18.0 Å². The third-order valence-corrected chi connectivity index (χ3v) is 13.2. The topological polar surface area (TPSA) is 178 Å². The Hall–Kier alpha value is -8.42. The molecule has 0 spiro atoms. The summed E-state index contributed by atoms with van der Waals surface area (Å²) >= 11 is 0. The number of aryl methyl sites for hydroxylation is 2. The van der Waals surface area contributed by atoms with Crippen LogP contribution in [0.25, 0.3) is 66.5 Å². The highest BCUT2D eigenvalue weighted by molar-refractivity contribution is 7.90. The minimum atomic E-state index is -3.39. The van der Waals surface area contributed by atoms with Crippen molar-refractivity contribution in [2.24, 2.45) is 0 Å². The molecule has 362 valence electrons. The normalized spacial score (nSPS) is 10.9. The third-order valence-electron chi connectivity index (χ3n) is 11.5. The maximum atomic E-state index is 12.7. The molecule has 0 atom stereocenters. The molecule has 3 heterocycles. The second kappa shape index (κ2) is 23.7. The number of rotatable bonds is 12. The molecule has 0 unspecified atom stereocenters. The van der Waals surface area contributed by atoms with Crippen LogP contribution in [-0.2, 0) is 38.0 Å². The lowest BCUT2D eigenvalue weighted by Gasteiger charge is -2.06. The van der Waals surface area contributed by atoms with E-state index in [0.29, 0.717) is 10.6 Å². The number of aromatic amines is 3. The first kappa shape index (κ1) is 52.0. The van der Waals surface area contributed by atoms with E-state index in [-0.39, 0.29) is 32.3 Å². The van der Waals surface area contributed by atoms with E-state index in [1.165, 1.54) is 41.2 Å². The summed E-state index contributed by atoms with van der Waals surface area (Å²) in [6.45, 7) is 5.69. The average molecular weight is 965 g/mol. The van der Waals surface area contributed by atoms with Gasteiger partial charge in [-0.1, -0.05) is 120 Å². The lowest BCUT2D eigenvalue weighted by atomic mass is 10.0. The largest absolute Gasteiger partial charge is 0.388 e. The Morgan fingerprint density at radius 2 is 1.01 bits per heavy atom. The van der Waals surface area contributed by atoms with Gasteiger partial charge in [-0.05, 0) is 115 Å². The van der Waals surface area contributed by atoms with Gasteiger partial charge in [0.2, 0.25) is 5.91 Å². The number of ketones is 1. The molecule has 0 aliphatic rings. The molecule has 7 aromatic carbocycles. The zero-order valence-electron chi connectivity index (χ0n) is 38.7. The number of nitrogens with one attached hydrogen (secondary N) is 5. The smallest absolute Gasteiger partial charge is 0.248 e. The van der Waals surface area contributed by atoms with Crippen molar-refractivity contribution >= 4 is 65.6 Å². The molecule has 3 aromatic heterocycles. The van der Waals surface area contributed by atoms with E-state index < -0.39 is 9.84 Å². The lowest BCUT2D eigenvalue weighted by Crippen LogP contribution is -2.08. The summed E-state index contributed by atoms with van der Waals surface area (Å²) in [6, 6.07) is 52.6. The quantitative estimate of drug-likeness (QED) is 0.0751. The first-order chi connectivity index (χ1) is 33.5. The van der Waals surface area contributed by atoms with Gasteiger partial charge in [0.15, 0.2) is 15.6 Å². The first-order valence-corrected chi connectivity index (χ1v) is 24.3. The maximum Gasteiger partial charge on any atom is 0.248 e. The lowest BCUT2D eigenvalue weighted by molar-refractivity contribution is -0.114. The van der Waals surface area contributed by atoms with Crippen molar-refractivity contribution in [3.63, 3.8) is 0 Å². The number of hydrogen-bond acceptors (Lipinski definition) is 8. The van der Waals surface area contributed by atoms with E-state index in [2.05, 4.69) is 104 Å². The Kier molecular flexibility index (Phi) is 17.4. The van der Waals surface area contributed by atoms with Gasteiger partial charge < -0.3 is 10.6 Å². The number of aromatic nitrogens is 6. The molecule has 0 saturated heterocycles. The van der Waals surface area contributed by atoms with Crippen molar-refractivity contribution in [2.45, 2.75) is 59.1 Å². The van der Waals surface area contributed by atoms with E-state index in [1.807, 2.05) is 92.0 Å². The monoisotopic (exact) mass is 964 g/mol. The number of carbonyl (C=O) groups excluding carboxylic acids is 2. The Morgan fingerprint density at radius 3 is 1.62 bits per heavy atom. The molecular formula is C58H60N8O4S. The van der Waals surface area contributed by atoms with E-state index in [0.717, 1.165) is 79.6 Å². The Labute approximate surface area is 415 Å². The molecule has 5 N–H and O–H groups in total. The van der Waals surface area contributed by atoms with Crippen molar-refractivity contribution in [1.29, 1.82) is 0 Å². The van der Waals surface area contributed by atoms with Crippen LogP contribution < -0.4 is 10.6 Å². The number of fused-ring (bicyclic) bond motifs is 3. The van der Waals surface area contributed by atoms with Crippen LogP contribution >= 0.6 is 0 Å². The van der Waals surface area contributed by atoms with E-state index in [4.69, 9.17) is 0 Å². The molecule has 71 heavy (non-hydrogen) atoms. The summed E-state index contributed by atoms with van der Waals surface area (Å²) in [4.78, 5) is 23.1. The maximum absolute atomic E-state index is 12.7. The highest BCUT2D eigenvalue weighted by atomic mass is 32.2. The Balaban J connectivity index is 0.000000176. The molecule has 0 aliphatic heterocycles. The number of amides is 1. The fourth-order valence-electron chi connectivity index (χ4n) is 7.87. The fourth-order valence-corrected chi connectivity index (χ4v) is 9.22. The molecule has 0 radical (unpaired) electrons. The second-order valence-electron chi connectivity index (χ2n) is 16.3. The number of allylic oxidation sites excluding steroid dienone is 1. The van der Waals surface area contributed by atoms with Crippen molar-refractivity contribution in [1.82, 2.24) is 30.6 Å². The fraction of sp³-hybridized carbons (Fsp3) is 0.155. The van der Waals surface area contributed by atoms with Gasteiger partial charge in [-0.3, -0.25) is 24.9 Å². The van der Waals surface area contributed by atoms with E-state index >= 15 is 0 Å². The van der Waals surface area contributed by atoms with E-state index in [1.54, 1.807) is 30.3 Å². The highest BCUT2D eigenvalue weighted by Crippen LogP contribution is 2.32. The number of hydrogen-bond donors (Lipinski definition) is 5. The average Bonchev–Trinajstić information content (AvgIpc) is 4.13. The van der Waals surface area contributed by atoms with Gasteiger partial charge >= 0.3 is 0 Å². The van der Waals surface area contributed by atoms with Crippen LogP contribution in [0.3, 0.4) is 0 Å². The van der Waals surface area contributed by atoms with Gasteiger partial charge in [-0.15, -0.1) is 0 Å². The van der Waals surface area contributed by atoms with Crippen LogP contribution in [0.1, 0.15) is 52.3 Å². The van der Waals surface area contributed by atoms with Gasteiger partial charge in [0.25, 0.3) is 0 Å². The van der Waals surface area contributed by atoms with Gasteiger partial charge in [0, 0.05) is 57.3 Å². The van der Waals surface area contributed by atoms with Crippen molar-refractivity contribution in [3.8, 4) is 33.8 Å². The SMILES string of the molecule is C.C.CCc1ccc2[nH]nc(-c3cccc(NC(=O)/C=C\C(C)=O)c3)c2c1.CCc1cccc(-c2n[nH]c3ccccc23)c1.CNc1cccc(-c2n[nH]c3ccc(CS(=O)(=O)c4ccccc4)cc23)c1. The molecule has 0 saturated carbocycles. The first-order valence-electron chi connectivity index (χ1n) is 22.6. The zero-order valence-corrected chi connectivity index (χ0v) is 39.6. The Bertz CT molecular complexity index is 3560. The van der Waals surface area contributed by atoms with Gasteiger partial charge in [-0.25, -0.2) is 8.42 Å². The van der Waals surface area contributed by atoms with Gasteiger partial charge in [0.05, 0.1) is 44.3 Å². The number of benzene rings is 7. The number of anilines is 2. The van der Waals surface area contributed by atoms with Crippen LogP contribution in [0.15, 0.2) is 181 Å². The molecule has 0 bridgehead atoms. The predicted octanol–water partition coefficient (Wildman–Crippen LogP) is 13.2. The summed E-state index contributed by atoms with van der Waals surface area (Å²) in [5.74, 6) is -0.556. The number of H-pyrrole nitrogens is 3. The highest BCUT2D eigenvalue weighted by Gasteiger charge is 2.17. The molecule has 1 amide bonds. The second-order valence-corrected chi connectivity index (χ2v) is 18.3. The number of sulfone groups is 1. The van der Waals surface area contributed by atoms with E-state index in [9.17, 15) is 18.0 Å². The van der Waals surface area contributed by atoms with Crippen LogP contribution in [0.2, 0.25) is 0 Å². The number of nitrogens with zero attached hydrogens (tertiary/aromatic N) is 3. The standard InChI is InChI=1S/C21H19N3O2S.C20H19N3O2.C15H14N2.2CH4/c1-22-17-7-5-6-16(13-17)21-19-12-15(10-11-20(19)23-24-21)14-27(25,26)18-8-3-2-4-9-18;1-3-14-8-9-18-17(11-14)20(23-22-18)15-5-4-6-16(12-15)21-19(25)10-7-13(2)24;1-2-11-6-5-7-12(10-11)15-13-8-3-4-9-14(13)16-17-15;;/h2-13,22H,14H2,1H3,(H,23,24);4-12H,3H2,1-2H3,(H,21,25)(H,22,23);3-10H,2H2,1H3,(H,16,17);2*1H4/b;10-7-;;;.